The number of anilines is 1. The number of nitrogens with zero attached hydrogens (tertiary/aromatic N) is 2. The van der Waals surface area contributed by atoms with Gasteiger partial charge in [-0.15, -0.1) is 0 Å². The number of rotatable bonds is 2. The number of alkyl halides is 3. The Hall–Kier alpha value is -2.94. The van der Waals surface area contributed by atoms with Crippen molar-refractivity contribution >= 4 is 34.8 Å². The molecule has 0 saturated carbocycles. The highest BCUT2D eigenvalue weighted by atomic mass is 35.5. The van der Waals surface area contributed by atoms with Crippen LogP contribution in [0.1, 0.15) is 26.3 Å². The number of hydrogen-bond donors (Lipinski definition) is 0. The van der Waals surface area contributed by atoms with Crippen LogP contribution in [0, 0.1) is 10.1 Å². The number of hydrogen-bond acceptors (Lipinski definition) is 4. The first-order valence-electron chi connectivity index (χ1n) is 6.66. The van der Waals surface area contributed by atoms with Crippen molar-refractivity contribution in [3.8, 4) is 0 Å². The predicted molar refractivity (Wildman–Crippen MR) is 80.7 cm³/mol. The second kappa shape index (κ2) is 5.55. The van der Waals surface area contributed by atoms with Gasteiger partial charge in [0.2, 0.25) is 0 Å². The lowest BCUT2D eigenvalue weighted by Crippen LogP contribution is -2.31. The number of carbonyl (C=O) groups is 2. The average molecular weight is 371 g/mol. The van der Waals surface area contributed by atoms with Gasteiger partial charge in [-0.3, -0.25) is 19.7 Å². The molecule has 0 fully saturated rings. The molecular weight excluding hydrogens is 365 g/mol. The highest BCUT2D eigenvalue weighted by Gasteiger charge is 2.45. The number of amides is 2. The molecule has 0 saturated heterocycles. The van der Waals surface area contributed by atoms with Crippen LogP contribution in [0.5, 0.6) is 0 Å². The first-order chi connectivity index (χ1) is 11.6. The minimum atomic E-state index is -4.86. The summed E-state index contributed by atoms with van der Waals surface area (Å²) < 4.78 is 39.7. The Bertz CT molecular complexity index is 943. The van der Waals surface area contributed by atoms with Crippen LogP contribution in [0.25, 0.3) is 0 Å². The number of imide groups is 1. The third-order valence-corrected chi connectivity index (χ3v) is 3.83. The number of nitro groups is 1. The quantitative estimate of drug-likeness (QED) is 0.453. The van der Waals surface area contributed by atoms with E-state index in [9.17, 15) is 32.9 Å². The van der Waals surface area contributed by atoms with E-state index >= 15 is 0 Å². The van der Waals surface area contributed by atoms with E-state index in [0.29, 0.717) is 6.07 Å². The lowest BCUT2D eigenvalue weighted by Gasteiger charge is -2.19. The van der Waals surface area contributed by atoms with Crippen LogP contribution in [0.15, 0.2) is 36.4 Å². The van der Waals surface area contributed by atoms with Crippen molar-refractivity contribution in [2.75, 3.05) is 4.90 Å². The minimum absolute atomic E-state index is 0.131. The van der Waals surface area contributed by atoms with Gasteiger partial charge in [-0.05, 0) is 24.3 Å². The van der Waals surface area contributed by atoms with Gasteiger partial charge in [-0.2, -0.15) is 13.2 Å². The maximum Gasteiger partial charge on any atom is 0.418 e. The zero-order chi connectivity index (χ0) is 18.5. The van der Waals surface area contributed by atoms with Crippen LogP contribution in [0.4, 0.5) is 24.5 Å². The van der Waals surface area contributed by atoms with Gasteiger partial charge in [0.15, 0.2) is 0 Å². The van der Waals surface area contributed by atoms with E-state index in [1.165, 1.54) is 6.07 Å². The molecule has 2 aromatic carbocycles. The lowest BCUT2D eigenvalue weighted by molar-refractivity contribution is -0.385. The molecule has 128 valence electrons. The van der Waals surface area contributed by atoms with Crippen LogP contribution in [-0.2, 0) is 6.18 Å². The van der Waals surface area contributed by atoms with Gasteiger partial charge in [0.1, 0.15) is 5.56 Å². The minimum Gasteiger partial charge on any atom is -0.268 e. The van der Waals surface area contributed by atoms with E-state index in [4.69, 9.17) is 11.6 Å². The zero-order valence-electron chi connectivity index (χ0n) is 12.0. The van der Waals surface area contributed by atoms with E-state index < -0.39 is 45.4 Å². The molecule has 2 aromatic rings. The Labute approximate surface area is 142 Å². The molecule has 3 rings (SSSR count). The molecule has 0 radical (unpaired) electrons. The van der Waals surface area contributed by atoms with Crippen molar-refractivity contribution in [2.45, 2.75) is 6.18 Å². The fraction of sp³-hybridized carbons (Fsp3) is 0.0667. The lowest BCUT2D eigenvalue weighted by atomic mass is 10.1. The van der Waals surface area contributed by atoms with Crippen LogP contribution >= 0.6 is 11.6 Å². The van der Waals surface area contributed by atoms with Gasteiger partial charge in [0.25, 0.3) is 17.5 Å². The van der Waals surface area contributed by atoms with Crippen LogP contribution in [0.3, 0.4) is 0 Å². The average Bonchev–Trinajstić information content (AvgIpc) is 2.77. The molecule has 6 nitrogen and oxygen atoms in total. The number of nitro benzene ring substituents is 1. The molecule has 0 atom stereocenters. The smallest absolute Gasteiger partial charge is 0.268 e. The topological polar surface area (TPSA) is 80.5 Å². The first-order valence-corrected chi connectivity index (χ1v) is 7.03. The van der Waals surface area contributed by atoms with Gasteiger partial charge in [-0.25, -0.2) is 4.90 Å². The summed E-state index contributed by atoms with van der Waals surface area (Å²) in [5.74, 6) is -2.29. The number of fused-ring (bicyclic) bond motifs is 1. The molecule has 1 aliphatic heterocycles. The number of halogens is 4. The Morgan fingerprint density at radius 1 is 1.08 bits per heavy atom. The first kappa shape index (κ1) is 16.9. The summed E-state index contributed by atoms with van der Waals surface area (Å²) in [7, 11) is 0. The van der Waals surface area contributed by atoms with E-state index in [1.54, 1.807) is 0 Å². The van der Waals surface area contributed by atoms with Gasteiger partial charge < -0.3 is 0 Å². The molecule has 2 amide bonds. The van der Waals surface area contributed by atoms with Crippen LogP contribution in [-0.4, -0.2) is 16.7 Å². The molecule has 1 aliphatic rings. The van der Waals surface area contributed by atoms with E-state index in [-0.39, 0.29) is 15.5 Å². The van der Waals surface area contributed by atoms with Crippen molar-refractivity contribution in [2.24, 2.45) is 0 Å². The van der Waals surface area contributed by atoms with Crippen molar-refractivity contribution in [1.82, 2.24) is 0 Å². The Morgan fingerprint density at radius 2 is 1.76 bits per heavy atom. The molecule has 0 aromatic heterocycles. The predicted octanol–water partition coefficient (Wildman–Crippen LogP) is 4.07. The fourth-order valence-corrected chi connectivity index (χ4v) is 2.73. The molecule has 10 heteroatoms. The van der Waals surface area contributed by atoms with E-state index in [0.717, 1.165) is 24.3 Å². The molecular formula is C15H6ClF3N2O4. The molecule has 1 heterocycles. The van der Waals surface area contributed by atoms with E-state index in [1.807, 2.05) is 0 Å². The van der Waals surface area contributed by atoms with E-state index in [2.05, 4.69) is 0 Å². The standard InChI is InChI=1S/C15H6ClF3N2O4/c16-7-4-5-9(15(17,18)19)11(6-7)20-13(22)8-2-1-3-10(21(24)25)12(8)14(20)23/h1-6H. The summed E-state index contributed by atoms with van der Waals surface area (Å²) in [4.78, 5) is 35.4. The van der Waals surface area contributed by atoms with Crippen LogP contribution < -0.4 is 4.90 Å². The normalized spacial score (nSPS) is 14.0. The van der Waals surface area contributed by atoms with Crippen molar-refractivity contribution in [3.05, 3.63) is 68.2 Å². The summed E-state index contributed by atoms with van der Waals surface area (Å²) in [6, 6.07) is 5.73. The van der Waals surface area contributed by atoms with Crippen LogP contribution in [0.2, 0.25) is 5.02 Å². The molecule has 0 spiro atoms. The monoisotopic (exact) mass is 370 g/mol. The Balaban J connectivity index is 2.24. The fourth-order valence-electron chi connectivity index (χ4n) is 2.57. The summed E-state index contributed by atoms with van der Waals surface area (Å²) in [6.45, 7) is 0. The second-order valence-electron chi connectivity index (χ2n) is 5.06. The van der Waals surface area contributed by atoms with Crippen molar-refractivity contribution < 1.29 is 27.7 Å². The maximum atomic E-state index is 13.2. The summed E-state index contributed by atoms with van der Waals surface area (Å²) in [5.41, 5.74) is -3.58. The third-order valence-electron chi connectivity index (χ3n) is 3.60. The molecule has 0 unspecified atom stereocenters. The van der Waals surface area contributed by atoms with Gasteiger partial charge in [0.05, 0.1) is 21.7 Å². The third kappa shape index (κ3) is 2.62. The summed E-state index contributed by atoms with van der Waals surface area (Å²) >= 11 is 5.71. The molecule has 25 heavy (non-hydrogen) atoms. The molecule has 0 bridgehead atoms. The zero-order valence-corrected chi connectivity index (χ0v) is 12.8. The van der Waals surface area contributed by atoms with Gasteiger partial charge in [-0.1, -0.05) is 17.7 Å². The van der Waals surface area contributed by atoms with Gasteiger partial charge >= 0.3 is 6.18 Å². The second-order valence-corrected chi connectivity index (χ2v) is 5.50. The highest BCUT2D eigenvalue weighted by Crippen LogP contribution is 2.42. The van der Waals surface area contributed by atoms with Crippen molar-refractivity contribution in [1.29, 1.82) is 0 Å². The number of carbonyl (C=O) groups excluding carboxylic acids is 2. The Morgan fingerprint density at radius 3 is 2.36 bits per heavy atom. The SMILES string of the molecule is O=C1c2cccc([N+](=O)[O-])c2C(=O)N1c1cc(Cl)ccc1C(F)(F)F. The largest absolute Gasteiger partial charge is 0.418 e. The maximum absolute atomic E-state index is 13.2. The molecule has 0 N–H and O–H groups in total. The Kier molecular flexibility index (Phi) is 3.76. The van der Waals surface area contributed by atoms with Crippen molar-refractivity contribution in [3.63, 3.8) is 0 Å². The van der Waals surface area contributed by atoms with Gasteiger partial charge in [0, 0.05) is 11.1 Å². The summed E-state index contributed by atoms with van der Waals surface area (Å²) in [5, 5.41) is 10.9. The number of benzene rings is 2. The highest BCUT2D eigenvalue weighted by molar-refractivity contribution is 6.36. The summed E-state index contributed by atoms with van der Waals surface area (Å²) in [6.07, 6.45) is -4.86. The molecule has 0 aliphatic carbocycles.